The van der Waals surface area contributed by atoms with Crippen LogP contribution in [0.4, 0.5) is 0 Å². The molecule has 0 aromatic heterocycles. The van der Waals surface area contributed by atoms with E-state index in [0.29, 0.717) is 31.1 Å². The maximum atomic E-state index is 12.5. The molecule has 0 spiro atoms. The van der Waals surface area contributed by atoms with E-state index < -0.39 is 0 Å². The summed E-state index contributed by atoms with van der Waals surface area (Å²) in [5.74, 6) is 1.10. The molecule has 1 amide bonds. The molecule has 2 N–H and O–H groups in total. The first-order valence-electron chi connectivity index (χ1n) is 9.65. The lowest BCUT2D eigenvalue weighted by Gasteiger charge is -2.11. The van der Waals surface area contributed by atoms with E-state index in [4.69, 9.17) is 21.7 Å². The quantitative estimate of drug-likeness (QED) is 0.421. The topological polar surface area (TPSA) is 59.6 Å². The van der Waals surface area contributed by atoms with Crippen LogP contribution in [0, 0.1) is 6.92 Å². The van der Waals surface area contributed by atoms with Crippen LogP contribution < -0.4 is 20.1 Å². The summed E-state index contributed by atoms with van der Waals surface area (Å²) in [5, 5.41) is 6.02. The summed E-state index contributed by atoms with van der Waals surface area (Å²) in [7, 11) is 0. The Hall–Kier alpha value is -3.38. The zero-order valence-corrected chi connectivity index (χ0v) is 17.6. The third kappa shape index (κ3) is 6.90. The van der Waals surface area contributed by atoms with Crippen LogP contribution in [0.3, 0.4) is 0 Å². The number of carbonyl (C=O) groups is 1. The van der Waals surface area contributed by atoms with Crippen molar-refractivity contribution in [3.63, 3.8) is 0 Å². The van der Waals surface area contributed by atoms with Crippen molar-refractivity contribution < 1.29 is 14.3 Å². The number of rotatable bonds is 8. The number of hydrogen-bond acceptors (Lipinski definition) is 4. The largest absolute Gasteiger partial charge is 0.490 e. The molecule has 0 unspecified atom stereocenters. The standard InChI is InChI=1S/C24H24N2O3S/c1-18-10-12-19(13-11-18)17-25-24(30)26-23(27)20-6-5-9-22(16-20)29-15-14-28-21-7-3-2-4-8-21/h2-13,16H,14-15,17H2,1H3,(H2,25,26,27,30). The zero-order valence-electron chi connectivity index (χ0n) is 16.8. The number of thiocarbonyl (C=S) groups is 1. The second-order valence-corrected chi connectivity index (χ2v) is 7.07. The minimum atomic E-state index is -0.289. The molecule has 154 valence electrons. The molecule has 0 saturated heterocycles. The molecule has 0 aliphatic carbocycles. The molecule has 0 fully saturated rings. The van der Waals surface area contributed by atoms with E-state index in [9.17, 15) is 4.79 Å². The first-order valence-corrected chi connectivity index (χ1v) is 10.1. The first kappa shape index (κ1) is 21.3. The van der Waals surface area contributed by atoms with Gasteiger partial charge in [0, 0.05) is 12.1 Å². The average Bonchev–Trinajstić information content (AvgIpc) is 2.77. The van der Waals surface area contributed by atoms with Crippen molar-refractivity contribution in [2.24, 2.45) is 0 Å². The van der Waals surface area contributed by atoms with Gasteiger partial charge in [-0.05, 0) is 55.0 Å². The fourth-order valence-electron chi connectivity index (χ4n) is 2.67. The highest BCUT2D eigenvalue weighted by Crippen LogP contribution is 2.14. The van der Waals surface area contributed by atoms with Gasteiger partial charge < -0.3 is 14.8 Å². The number of nitrogens with one attached hydrogen (secondary N) is 2. The predicted molar refractivity (Wildman–Crippen MR) is 122 cm³/mol. The van der Waals surface area contributed by atoms with Crippen molar-refractivity contribution in [2.45, 2.75) is 13.5 Å². The molecule has 0 bridgehead atoms. The van der Waals surface area contributed by atoms with Crippen LogP contribution in [0.1, 0.15) is 21.5 Å². The van der Waals surface area contributed by atoms with Gasteiger partial charge in [0.05, 0.1) is 0 Å². The molecule has 5 nitrogen and oxygen atoms in total. The molecule has 0 radical (unpaired) electrons. The number of hydrogen-bond donors (Lipinski definition) is 2. The van der Waals surface area contributed by atoms with Gasteiger partial charge in [0.2, 0.25) is 0 Å². The smallest absolute Gasteiger partial charge is 0.257 e. The SMILES string of the molecule is Cc1ccc(CNC(=S)NC(=O)c2cccc(OCCOc3ccccc3)c2)cc1. The fourth-order valence-corrected chi connectivity index (χ4v) is 2.84. The lowest BCUT2D eigenvalue weighted by atomic mass is 10.1. The van der Waals surface area contributed by atoms with Crippen molar-refractivity contribution in [3.05, 3.63) is 95.6 Å². The molecule has 0 saturated carbocycles. The molecule has 0 atom stereocenters. The van der Waals surface area contributed by atoms with Crippen LogP contribution in [0.5, 0.6) is 11.5 Å². The first-order chi connectivity index (χ1) is 14.6. The normalized spacial score (nSPS) is 10.2. The minimum Gasteiger partial charge on any atom is -0.490 e. The number of para-hydroxylation sites is 1. The van der Waals surface area contributed by atoms with Crippen LogP contribution in [-0.4, -0.2) is 24.2 Å². The Morgan fingerprint density at radius 3 is 2.27 bits per heavy atom. The van der Waals surface area contributed by atoms with Gasteiger partial charge in [-0.3, -0.25) is 10.1 Å². The average molecular weight is 421 g/mol. The van der Waals surface area contributed by atoms with Crippen molar-refractivity contribution in [1.29, 1.82) is 0 Å². The van der Waals surface area contributed by atoms with Crippen molar-refractivity contribution in [3.8, 4) is 11.5 Å². The Balaban J connectivity index is 1.44. The van der Waals surface area contributed by atoms with Crippen molar-refractivity contribution >= 4 is 23.2 Å². The molecular formula is C24H24N2O3S. The molecule has 0 aliphatic heterocycles. The molecule has 3 aromatic carbocycles. The van der Waals surface area contributed by atoms with Gasteiger partial charge in [-0.15, -0.1) is 0 Å². The maximum absolute atomic E-state index is 12.5. The second-order valence-electron chi connectivity index (χ2n) is 6.66. The zero-order chi connectivity index (χ0) is 21.2. The van der Waals surface area contributed by atoms with E-state index >= 15 is 0 Å². The third-order valence-electron chi connectivity index (χ3n) is 4.26. The monoisotopic (exact) mass is 420 g/mol. The Morgan fingerprint density at radius 2 is 1.53 bits per heavy atom. The second kappa shape index (κ2) is 11.0. The number of aryl methyl sites for hydroxylation is 1. The molecule has 3 rings (SSSR count). The Kier molecular flexibility index (Phi) is 7.80. The Labute approximate surface area is 182 Å². The highest BCUT2D eigenvalue weighted by molar-refractivity contribution is 7.80. The Bertz CT molecular complexity index is 975. The summed E-state index contributed by atoms with van der Waals surface area (Å²) in [6, 6.07) is 24.6. The molecule has 3 aromatic rings. The van der Waals surface area contributed by atoms with Gasteiger partial charge >= 0.3 is 0 Å². The summed E-state index contributed by atoms with van der Waals surface area (Å²) in [6.45, 7) is 3.37. The summed E-state index contributed by atoms with van der Waals surface area (Å²) in [6.07, 6.45) is 0. The lowest BCUT2D eigenvalue weighted by Crippen LogP contribution is -2.38. The minimum absolute atomic E-state index is 0.281. The van der Waals surface area contributed by atoms with Crippen molar-refractivity contribution in [1.82, 2.24) is 10.6 Å². The van der Waals surface area contributed by atoms with E-state index in [1.807, 2.05) is 61.5 Å². The van der Waals surface area contributed by atoms with Gasteiger partial charge in [0.15, 0.2) is 5.11 Å². The van der Waals surface area contributed by atoms with Gasteiger partial charge in [-0.25, -0.2) is 0 Å². The summed E-state index contributed by atoms with van der Waals surface area (Å²) >= 11 is 5.23. The number of benzene rings is 3. The summed E-state index contributed by atoms with van der Waals surface area (Å²) in [5.41, 5.74) is 2.75. The van der Waals surface area contributed by atoms with E-state index in [1.165, 1.54) is 5.56 Å². The van der Waals surface area contributed by atoms with Crippen LogP contribution in [0.15, 0.2) is 78.9 Å². The van der Waals surface area contributed by atoms with E-state index in [1.54, 1.807) is 24.3 Å². The predicted octanol–water partition coefficient (Wildman–Crippen LogP) is 4.26. The number of ether oxygens (including phenoxy) is 2. The van der Waals surface area contributed by atoms with E-state index in [2.05, 4.69) is 10.6 Å². The molecule has 30 heavy (non-hydrogen) atoms. The van der Waals surface area contributed by atoms with E-state index in [0.717, 1.165) is 11.3 Å². The van der Waals surface area contributed by atoms with Crippen LogP contribution in [0.25, 0.3) is 0 Å². The molecule has 0 aliphatic rings. The van der Waals surface area contributed by atoms with Gasteiger partial charge in [-0.2, -0.15) is 0 Å². The van der Waals surface area contributed by atoms with Crippen LogP contribution >= 0.6 is 12.2 Å². The van der Waals surface area contributed by atoms with Crippen LogP contribution in [0.2, 0.25) is 0 Å². The Morgan fingerprint density at radius 1 is 0.867 bits per heavy atom. The fraction of sp³-hybridized carbons (Fsp3) is 0.167. The van der Waals surface area contributed by atoms with Gasteiger partial charge in [0.1, 0.15) is 24.7 Å². The van der Waals surface area contributed by atoms with Gasteiger partial charge in [-0.1, -0.05) is 54.1 Å². The van der Waals surface area contributed by atoms with Gasteiger partial charge in [0.25, 0.3) is 5.91 Å². The van der Waals surface area contributed by atoms with Crippen LogP contribution in [-0.2, 0) is 6.54 Å². The lowest BCUT2D eigenvalue weighted by molar-refractivity contribution is 0.0976. The highest BCUT2D eigenvalue weighted by Gasteiger charge is 2.09. The number of amides is 1. The molecule has 0 heterocycles. The molecule has 6 heteroatoms. The maximum Gasteiger partial charge on any atom is 0.257 e. The highest BCUT2D eigenvalue weighted by atomic mass is 32.1. The van der Waals surface area contributed by atoms with Crippen molar-refractivity contribution in [2.75, 3.05) is 13.2 Å². The summed E-state index contributed by atoms with van der Waals surface area (Å²) < 4.78 is 11.3. The van der Waals surface area contributed by atoms with E-state index in [-0.39, 0.29) is 11.0 Å². The third-order valence-corrected chi connectivity index (χ3v) is 4.51. The summed E-state index contributed by atoms with van der Waals surface area (Å²) in [4.78, 5) is 12.5. The molecular weight excluding hydrogens is 396 g/mol. The number of carbonyl (C=O) groups excluding carboxylic acids is 1.